The molecule has 16 nitrogen and oxygen atoms in total. The smallest absolute Gasteiger partial charge is 0.342 e. The van der Waals surface area contributed by atoms with Crippen molar-refractivity contribution in [2.24, 2.45) is 0 Å². The van der Waals surface area contributed by atoms with Crippen LogP contribution in [0.15, 0.2) is 107 Å². The molecule has 356 valence electrons. The van der Waals surface area contributed by atoms with E-state index in [1.165, 1.54) is 57.6 Å². The molecular weight excluding hydrogens is 952 g/mol. The molecule has 4 aromatic carbocycles. The Bertz CT molecular complexity index is 3210. The van der Waals surface area contributed by atoms with Gasteiger partial charge in [-0.1, -0.05) is 59.6 Å². The maximum Gasteiger partial charge on any atom is 0.342 e. The zero-order chi connectivity index (χ0) is 49.3. The van der Waals surface area contributed by atoms with Crippen LogP contribution in [0.5, 0.6) is 0 Å². The molecule has 4 heterocycles. The molecule has 20 heteroatoms. The van der Waals surface area contributed by atoms with Crippen LogP contribution in [-0.4, -0.2) is 82.3 Å². The third kappa shape index (κ3) is 10.8. The Labute approximate surface area is 403 Å². The monoisotopic (exact) mass is 1000 g/mol. The van der Waals surface area contributed by atoms with E-state index in [1.54, 1.807) is 13.8 Å². The quantitative estimate of drug-likeness (QED) is 0.109. The van der Waals surface area contributed by atoms with Gasteiger partial charge in [-0.15, -0.1) is 0 Å². The summed E-state index contributed by atoms with van der Waals surface area (Å²) < 4.78 is 66.5. The van der Waals surface area contributed by atoms with Crippen LogP contribution in [0.1, 0.15) is 87.5 Å². The molecule has 8 aromatic rings. The van der Waals surface area contributed by atoms with Gasteiger partial charge in [-0.2, -0.15) is 19.2 Å². The fraction of sp³-hybridized carbons (Fsp3) is 0.292. The van der Waals surface area contributed by atoms with Crippen molar-refractivity contribution in [3.8, 4) is 0 Å². The zero-order valence-electron chi connectivity index (χ0n) is 38.6. The lowest BCUT2D eigenvalue weighted by atomic mass is 10.1. The van der Waals surface area contributed by atoms with Gasteiger partial charge in [-0.25, -0.2) is 36.4 Å². The number of anilines is 2. The lowest BCUT2D eigenvalue weighted by Crippen LogP contribution is -2.28. The molecule has 0 aliphatic heterocycles. The van der Waals surface area contributed by atoms with Crippen molar-refractivity contribution < 1.29 is 35.9 Å². The Balaban J connectivity index is 0.000000201. The van der Waals surface area contributed by atoms with E-state index in [-0.39, 0.29) is 56.6 Å². The van der Waals surface area contributed by atoms with Crippen LogP contribution in [0, 0.1) is 0 Å². The van der Waals surface area contributed by atoms with E-state index in [9.17, 15) is 26.4 Å². The van der Waals surface area contributed by atoms with Gasteiger partial charge in [0.1, 0.15) is 11.1 Å². The van der Waals surface area contributed by atoms with Crippen LogP contribution in [0.4, 0.5) is 11.9 Å². The molecule has 0 saturated heterocycles. The van der Waals surface area contributed by atoms with Gasteiger partial charge in [0, 0.05) is 31.9 Å². The molecule has 0 radical (unpaired) electrons. The molecule has 0 spiro atoms. The third-order valence-electron chi connectivity index (χ3n) is 10.0. The van der Waals surface area contributed by atoms with Crippen molar-refractivity contribution in [1.29, 1.82) is 0 Å². The molecule has 0 amide bonds. The average molecular weight is 1000 g/mol. The number of hydrogen-bond acceptors (Lipinski definition) is 14. The SMILES string of the molecule is CCOC(=O)c1c(CS(=O)(=O)c2ccc(Cl)cc2)nn2c(NC(C)(C)C)nc3ccccc3c12.CCOC(=O)c1c(CS(=O)(=O)c2ccc(Cl)cc2)nn2c(NC(C)(C)C)nc3ccccc3c12. The predicted molar refractivity (Wildman–Crippen MR) is 264 cm³/mol. The summed E-state index contributed by atoms with van der Waals surface area (Å²) in [6, 6.07) is 26.4. The Hall–Kier alpha value is -6.34. The largest absolute Gasteiger partial charge is 0.462 e. The Morgan fingerprint density at radius 1 is 0.559 bits per heavy atom. The van der Waals surface area contributed by atoms with Crippen LogP contribution in [-0.2, 0) is 40.7 Å². The van der Waals surface area contributed by atoms with Crippen LogP contribution >= 0.6 is 23.2 Å². The molecule has 2 N–H and O–H groups in total. The number of nitrogens with one attached hydrogen (secondary N) is 2. The summed E-state index contributed by atoms with van der Waals surface area (Å²) in [6.07, 6.45) is 0. The first-order valence-corrected chi connectivity index (χ1v) is 25.5. The maximum atomic E-state index is 13.2. The first-order valence-electron chi connectivity index (χ1n) is 21.5. The van der Waals surface area contributed by atoms with Gasteiger partial charge in [0.05, 0.1) is 68.0 Å². The van der Waals surface area contributed by atoms with Crippen molar-refractivity contribution in [1.82, 2.24) is 29.2 Å². The topological polar surface area (TPSA) is 205 Å². The summed E-state index contributed by atoms with van der Waals surface area (Å²) in [7, 11) is -7.67. The normalized spacial score (nSPS) is 12.3. The first kappa shape index (κ1) is 49.6. The van der Waals surface area contributed by atoms with Gasteiger partial charge in [-0.05, 0) is 116 Å². The van der Waals surface area contributed by atoms with Gasteiger partial charge in [-0.3, -0.25) is 0 Å². The second-order valence-corrected chi connectivity index (χ2v) is 22.5. The molecule has 8 rings (SSSR count). The molecule has 0 saturated carbocycles. The average Bonchev–Trinajstić information content (AvgIpc) is 3.82. The molecule has 68 heavy (non-hydrogen) atoms. The number of halogens is 2. The number of carbonyl (C=O) groups excluding carboxylic acids is 2. The summed E-state index contributed by atoms with van der Waals surface area (Å²) in [4.78, 5) is 35.8. The van der Waals surface area contributed by atoms with E-state index >= 15 is 0 Å². The highest BCUT2D eigenvalue weighted by Gasteiger charge is 2.31. The Morgan fingerprint density at radius 2 is 0.897 bits per heavy atom. The number of ether oxygens (including phenoxy) is 2. The summed E-state index contributed by atoms with van der Waals surface area (Å²) in [6.45, 7) is 15.5. The number of nitrogens with zero attached hydrogens (tertiary/aromatic N) is 6. The third-order valence-corrected chi connectivity index (χ3v) is 13.8. The summed E-state index contributed by atoms with van der Waals surface area (Å²) in [5.41, 5.74) is 1.81. The molecule has 0 unspecified atom stereocenters. The van der Waals surface area contributed by atoms with Gasteiger partial charge in [0.2, 0.25) is 11.9 Å². The van der Waals surface area contributed by atoms with Crippen molar-refractivity contribution in [3.05, 3.63) is 130 Å². The number of rotatable bonds is 12. The van der Waals surface area contributed by atoms with E-state index in [1.807, 2.05) is 90.1 Å². The molecule has 0 atom stereocenters. The van der Waals surface area contributed by atoms with E-state index in [0.29, 0.717) is 54.8 Å². The second-order valence-electron chi connectivity index (χ2n) is 17.7. The number of benzene rings is 4. The van der Waals surface area contributed by atoms with Crippen molar-refractivity contribution in [3.63, 3.8) is 0 Å². The number of hydrogen-bond donors (Lipinski definition) is 2. The van der Waals surface area contributed by atoms with Crippen LogP contribution in [0.2, 0.25) is 10.0 Å². The zero-order valence-corrected chi connectivity index (χ0v) is 41.7. The van der Waals surface area contributed by atoms with Crippen LogP contribution in [0.3, 0.4) is 0 Å². The summed E-state index contributed by atoms with van der Waals surface area (Å²) >= 11 is 11.8. The highest BCUT2D eigenvalue weighted by Crippen LogP contribution is 2.33. The highest BCUT2D eigenvalue weighted by molar-refractivity contribution is 7.91. The van der Waals surface area contributed by atoms with Crippen LogP contribution in [0.25, 0.3) is 32.8 Å². The van der Waals surface area contributed by atoms with Crippen LogP contribution < -0.4 is 10.6 Å². The number of carbonyl (C=O) groups is 2. The van der Waals surface area contributed by atoms with Crippen molar-refractivity contribution >= 4 is 99.6 Å². The number of para-hydroxylation sites is 2. The van der Waals surface area contributed by atoms with Gasteiger partial charge >= 0.3 is 11.9 Å². The van der Waals surface area contributed by atoms with Gasteiger partial charge in [0.25, 0.3) is 0 Å². The molecule has 0 bridgehead atoms. The van der Waals surface area contributed by atoms with E-state index in [0.717, 1.165) is 0 Å². The molecule has 4 aromatic heterocycles. The van der Waals surface area contributed by atoms with E-state index in [4.69, 9.17) is 32.7 Å². The van der Waals surface area contributed by atoms with Crippen molar-refractivity contribution in [2.75, 3.05) is 23.8 Å². The Kier molecular flexibility index (Phi) is 14.1. The minimum Gasteiger partial charge on any atom is -0.462 e. The number of fused-ring (bicyclic) bond motifs is 6. The van der Waals surface area contributed by atoms with Gasteiger partial charge < -0.3 is 20.1 Å². The molecule has 0 aliphatic carbocycles. The predicted octanol–water partition coefficient (Wildman–Crippen LogP) is 9.79. The molecule has 0 aliphatic rings. The van der Waals surface area contributed by atoms with Gasteiger partial charge in [0.15, 0.2) is 19.7 Å². The molecular formula is C48H50Cl2N8O8S2. The van der Waals surface area contributed by atoms with E-state index < -0.39 is 43.1 Å². The van der Waals surface area contributed by atoms with E-state index in [2.05, 4.69) is 30.8 Å². The minimum absolute atomic E-state index is 0.0831. The fourth-order valence-corrected chi connectivity index (χ4v) is 10.1. The number of aromatic nitrogens is 6. The lowest BCUT2D eigenvalue weighted by molar-refractivity contribution is 0.0518. The number of esters is 2. The fourth-order valence-electron chi connectivity index (χ4n) is 7.28. The minimum atomic E-state index is -3.83. The summed E-state index contributed by atoms with van der Waals surface area (Å²) in [5, 5.41) is 17.9. The molecule has 0 fully saturated rings. The van der Waals surface area contributed by atoms with Crippen molar-refractivity contribution in [2.45, 2.75) is 87.8 Å². The summed E-state index contributed by atoms with van der Waals surface area (Å²) in [5.74, 6) is -1.49. The number of sulfone groups is 2. The second kappa shape index (κ2) is 19.3. The maximum absolute atomic E-state index is 13.2. The highest BCUT2D eigenvalue weighted by atomic mass is 35.5. The first-order chi connectivity index (χ1) is 32.0. The Morgan fingerprint density at radius 3 is 1.22 bits per heavy atom. The standard InChI is InChI=1S/2C24H25ClN4O4S/c2*1-5-33-22(30)20-19(14-34(31,32)16-12-10-15(25)11-13-16)28-29-21(20)17-8-6-7-9-18(17)26-23(29)27-24(2,3)4/h2*6-13H,5,14H2,1-4H3,(H,26,27). The lowest BCUT2D eigenvalue weighted by Gasteiger charge is -2.22.